The number of aromatic nitrogens is 2. The SMILES string of the molecule is Cc1ccnc(Nc2nc(CCN)co2)c1. The normalized spacial score (nSPS) is 10.4. The Morgan fingerprint density at radius 1 is 1.50 bits per heavy atom. The molecule has 0 spiro atoms. The van der Waals surface area contributed by atoms with E-state index in [0.29, 0.717) is 19.0 Å². The van der Waals surface area contributed by atoms with Crippen LogP contribution >= 0.6 is 0 Å². The van der Waals surface area contributed by atoms with E-state index in [1.807, 2.05) is 19.1 Å². The summed E-state index contributed by atoms with van der Waals surface area (Å²) >= 11 is 0. The molecule has 5 nitrogen and oxygen atoms in total. The molecule has 0 amide bonds. The number of pyridine rings is 1. The summed E-state index contributed by atoms with van der Waals surface area (Å²) in [7, 11) is 0. The van der Waals surface area contributed by atoms with E-state index in [-0.39, 0.29) is 0 Å². The summed E-state index contributed by atoms with van der Waals surface area (Å²) in [6.45, 7) is 2.57. The molecule has 0 aromatic carbocycles. The summed E-state index contributed by atoms with van der Waals surface area (Å²) in [6.07, 6.45) is 4.05. The second-order valence-electron chi connectivity index (χ2n) is 3.53. The Labute approximate surface area is 93.7 Å². The van der Waals surface area contributed by atoms with Gasteiger partial charge in [0.1, 0.15) is 12.1 Å². The van der Waals surface area contributed by atoms with E-state index in [1.54, 1.807) is 12.5 Å². The summed E-state index contributed by atoms with van der Waals surface area (Å²) in [6, 6.07) is 4.30. The smallest absolute Gasteiger partial charge is 0.300 e. The van der Waals surface area contributed by atoms with Crippen molar-refractivity contribution in [2.45, 2.75) is 13.3 Å². The van der Waals surface area contributed by atoms with E-state index in [2.05, 4.69) is 15.3 Å². The third-order valence-electron chi connectivity index (χ3n) is 2.10. The molecule has 2 rings (SSSR count). The Morgan fingerprint density at radius 2 is 2.38 bits per heavy atom. The summed E-state index contributed by atoms with van der Waals surface area (Å²) in [5.74, 6) is 0.723. The minimum atomic E-state index is 0.446. The van der Waals surface area contributed by atoms with E-state index >= 15 is 0 Å². The summed E-state index contributed by atoms with van der Waals surface area (Å²) in [5, 5.41) is 2.99. The largest absolute Gasteiger partial charge is 0.432 e. The maximum absolute atomic E-state index is 5.43. The van der Waals surface area contributed by atoms with Crippen LogP contribution in [0.2, 0.25) is 0 Å². The van der Waals surface area contributed by atoms with Gasteiger partial charge in [-0.15, -0.1) is 0 Å². The Bertz CT molecular complexity index is 467. The second kappa shape index (κ2) is 4.76. The van der Waals surface area contributed by atoms with Gasteiger partial charge in [0.2, 0.25) is 0 Å². The second-order valence-corrected chi connectivity index (χ2v) is 3.53. The van der Waals surface area contributed by atoms with Gasteiger partial charge in [-0.3, -0.25) is 5.32 Å². The van der Waals surface area contributed by atoms with Crippen LogP contribution in [0.25, 0.3) is 0 Å². The number of aryl methyl sites for hydroxylation is 1. The van der Waals surface area contributed by atoms with Crippen LogP contribution in [0.4, 0.5) is 11.8 Å². The van der Waals surface area contributed by atoms with Gasteiger partial charge in [0.15, 0.2) is 0 Å². The molecular formula is C11H14N4O. The van der Waals surface area contributed by atoms with E-state index in [4.69, 9.17) is 10.2 Å². The lowest BCUT2D eigenvalue weighted by Gasteiger charge is -2.00. The third-order valence-corrected chi connectivity index (χ3v) is 2.10. The molecule has 0 unspecified atom stereocenters. The van der Waals surface area contributed by atoms with Crippen LogP contribution < -0.4 is 11.1 Å². The highest BCUT2D eigenvalue weighted by Gasteiger charge is 2.03. The fraction of sp³-hybridized carbons (Fsp3) is 0.273. The molecule has 5 heteroatoms. The zero-order chi connectivity index (χ0) is 11.4. The molecule has 0 radical (unpaired) electrons. The van der Waals surface area contributed by atoms with Crippen LogP contribution in [-0.2, 0) is 6.42 Å². The molecule has 0 saturated carbocycles. The molecular weight excluding hydrogens is 204 g/mol. The molecule has 0 saturated heterocycles. The van der Waals surface area contributed by atoms with E-state index in [0.717, 1.165) is 17.1 Å². The van der Waals surface area contributed by atoms with E-state index < -0.39 is 0 Å². The Hall–Kier alpha value is -1.88. The van der Waals surface area contributed by atoms with Crippen molar-refractivity contribution in [3.05, 3.63) is 35.9 Å². The number of anilines is 2. The molecule has 0 aliphatic heterocycles. The lowest BCUT2D eigenvalue weighted by Crippen LogP contribution is -2.03. The highest BCUT2D eigenvalue weighted by atomic mass is 16.4. The van der Waals surface area contributed by atoms with Crippen LogP contribution in [0, 0.1) is 6.92 Å². The van der Waals surface area contributed by atoms with Crippen LogP contribution in [0.5, 0.6) is 0 Å². The molecule has 0 atom stereocenters. The van der Waals surface area contributed by atoms with Crippen molar-refractivity contribution in [2.24, 2.45) is 5.73 Å². The van der Waals surface area contributed by atoms with Crippen molar-refractivity contribution < 1.29 is 4.42 Å². The zero-order valence-corrected chi connectivity index (χ0v) is 9.10. The molecule has 3 N–H and O–H groups in total. The minimum absolute atomic E-state index is 0.446. The first-order valence-corrected chi connectivity index (χ1v) is 5.12. The molecule has 84 valence electrons. The standard InChI is InChI=1S/C11H14N4O/c1-8-3-5-13-10(6-8)15-11-14-9(2-4-12)7-16-11/h3,5-7H,2,4,12H2,1H3,(H,13,14,15). The number of oxazole rings is 1. The van der Waals surface area contributed by atoms with Crippen molar-refractivity contribution in [3.8, 4) is 0 Å². The van der Waals surface area contributed by atoms with Gasteiger partial charge in [-0.25, -0.2) is 4.98 Å². The number of hydrogen-bond acceptors (Lipinski definition) is 5. The minimum Gasteiger partial charge on any atom is -0.432 e. The molecule has 2 aromatic heterocycles. The topological polar surface area (TPSA) is 77.0 Å². The Morgan fingerprint density at radius 3 is 3.12 bits per heavy atom. The molecule has 2 heterocycles. The summed E-state index contributed by atoms with van der Waals surface area (Å²) in [5.41, 5.74) is 7.40. The molecule has 0 aliphatic carbocycles. The van der Waals surface area contributed by atoms with Gasteiger partial charge in [-0.2, -0.15) is 4.98 Å². The van der Waals surface area contributed by atoms with Gasteiger partial charge in [0, 0.05) is 12.6 Å². The first-order chi connectivity index (χ1) is 7.78. The van der Waals surface area contributed by atoms with Gasteiger partial charge in [0.25, 0.3) is 6.01 Å². The third kappa shape index (κ3) is 2.58. The van der Waals surface area contributed by atoms with Crippen molar-refractivity contribution in [1.29, 1.82) is 0 Å². The van der Waals surface area contributed by atoms with Crippen molar-refractivity contribution in [3.63, 3.8) is 0 Å². The van der Waals surface area contributed by atoms with Gasteiger partial charge >= 0.3 is 0 Å². The van der Waals surface area contributed by atoms with Crippen molar-refractivity contribution in [1.82, 2.24) is 9.97 Å². The van der Waals surface area contributed by atoms with Crippen LogP contribution in [0.1, 0.15) is 11.3 Å². The van der Waals surface area contributed by atoms with Crippen LogP contribution in [0.3, 0.4) is 0 Å². The average molecular weight is 218 g/mol. The van der Waals surface area contributed by atoms with E-state index in [1.165, 1.54) is 0 Å². The number of nitrogens with two attached hydrogens (primary N) is 1. The molecule has 0 fully saturated rings. The molecule has 0 aliphatic rings. The highest BCUT2D eigenvalue weighted by Crippen LogP contribution is 2.14. The predicted octanol–water partition coefficient (Wildman–Crippen LogP) is 1.62. The van der Waals surface area contributed by atoms with Gasteiger partial charge in [0.05, 0.1) is 5.69 Å². The fourth-order valence-electron chi connectivity index (χ4n) is 1.34. The number of hydrogen-bond donors (Lipinski definition) is 2. The van der Waals surface area contributed by atoms with Crippen molar-refractivity contribution in [2.75, 3.05) is 11.9 Å². The lowest BCUT2D eigenvalue weighted by molar-refractivity contribution is 0.575. The van der Waals surface area contributed by atoms with E-state index in [9.17, 15) is 0 Å². The van der Waals surface area contributed by atoms with Gasteiger partial charge in [-0.05, 0) is 31.2 Å². The van der Waals surface area contributed by atoms with Gasteiger partial charge < -0.3 is 10.2 Å². The summed E-state index contributed by atoms with van der Waals surface area (Å²) < 4.78 is 5.24. The molecule has 16 heavy (non-hydrogen) atoms. The van der Waals surface area contributed by atoms with Crippen LogP contribution in [0.15, 0.2) is 29.0 Å². The quantitative estimate of drug-likeness (QED) is 0.815. The van der Waals surface area contributed by atoms with Crippen molar-refractivity contribution >= 4 is 11.8 Å². The predicted molar refractivity (Wildman–Crippen MR) is 61.5 cm³/mol. The summed E-state index contributed by atoms with van der Waals surface area (Å²) in [4.78, 5) is 8.38. The van der Waals surface area contributed by atoms with Crippen LogP contribution in [-0.4, -0.2) is 16.5 Å². The zero-order valence-electron chi connectivity index (χ0n) is 9.10. The Kier molecular flexibility index (Phi) is 3.16. The Balaban J connectivity index is 2.08. The first-order valence-electron chi connectivity index (χ1n) is 5.12. The number of nitrogens with zero attached hydrogens (tertiary/aromatic N) is 2. The highest BCUT2D eigenvalue weighted by molar-refractivity contribution is 5.47. The maximum Gasteiger partial charge on any atom is 0.300 e. The monoisotopic (exact) mass is 218 g/mol. The van der Waals surface area contributed by atoms with Gasteiger partial charge in [-0.1, -0.05) is 0 Å². The number of nitrogens with one attached hydrogen (secondary N) is 1. The number of rotatable bonds is 4. The average Bonchev–Trinajstić information content (AvgIpc) is 2.66. The lowest BCUT2D eigenvalue weighted by atomic mass is 10.3. The first kappa shape index (κ1) is 10.6. The molecule has 0 bridgehead atoms. The molecule has 2 aromatic rings. The fourth-order valence-corrected chi connectivity index (χ4v) is 1.34. The maximum atomic E-state index is 5.43.